The number of rotatable bonds is 3. The summed E-state index contributed by atoms with van der Waals surface area (Å²) in [4.78, 5) is 15.3. The van der Waals surface area contributed by atoms with Crippen molar-refractivity contribution in [2.24, 2.45) is 0 Å². The fourth-order valence-electron chi connectivity index (χ4n) is 1.85. The SMILES string of the molecule is CC(=CCN1CCN(C)C(C)(C)C1)C(=O)O. The molecule has 0 unspecified atom stereocenters. The molecule has 0 atom stereocenters. The Labute approximate surface area is 97.5 Å². The van der Waals surface area contributed by atoms with Gasteiger partial charge in [0.15, 0.2) is 0 Å². The molecule has 0 aliphatic carbocycles. The Morgan fingerprint density at radius 3 is 2.56 bits per heavy atom. The summed E-state index contributed by atoms with van der Waals surface area (Å²) in [6.07, 6.45) is 1.80. The minimum Gasteiger partial charge on any atom is -0.478 e. The van der Waals surface area contributed by atoms with Gasteiger partial charge in [0.05, 0.1) is 0 Å². The zero-order chi connectivity index (χ0) is 12.3. The molecule has 0 aromatic rings. The van der Waals surface area contributed by atoms with E-state index < -0.39 is 5.97 Å². The molecule has 1 heterocycles. The van der Waals surface area contributed by atoms with Crippen LogP contribution >= 0.6 is 0 Å². The fourth-order valence-corrected chi connectivity index (χ4v) is 1.85. The lowest BCUT2D eigenvalue weighted by Gasteiger charge is -2.45. The molecule has 0 radical (unpaired) electrons. The third kappa shape index (κ3) is 3.32. The van der Waals surface area contributed by atoms with Crippen molar-refractivity contribution in [1.82, 2.24) is 9.80 Å². The van der Waals surface area contributed by atoms with E-state index in [1.54, 1.807) is 13.0 Å². The van der Waals surface area contributed by atoms with Crippen LogP contribution in [0, 0.1) is 0 Å². The highest BCUT2D eigenvalue weighted by molar-refractivity contribution is 5.85. The lowest BCUT2D eigenvalue weighted by molar-refractivity contribution is -0.132. The van der Waals surface area contributed by atoms with Crippen molar-refractivity contribution in [2.75, 3.05) is 33.2 Å². The molecule has 1 rings (SSSR count). The van der Waals surface area contributed by atoms with E-state index in [4.69, 9.17) is 5.11 Å². The first-order chi connectivity index (χ1) is 7.33. The number of likely N-dealkylation sites (N-methyl/N-ethyl adjacent to an activating group) is 1. The van der Waals surface area contributed by atoms with Crippen LogP contribution in [0.25, 0.3) is 0 Å². The van der Waals surface area contributed by atoms with E-state index in [2.05, 4.69) is 30.7 Å². The number of carboxylic acids is 1. The molecule has 0 amide bonds. The van der Waals surface area contributed by atoms with E-state index in [-0.39, 0.29) is 5.54 Å². The van der Waals surface area contributed by atoms with E-state index in [1.165, 1.54) is 0 Å². The van der Waals surface area contributed by atoms with Crippen LogP contribution in [0.5, 0.6) is 0 Å². The van der Waals surface area contributed by atoms with Crippen LogP contribution in [0.4, 0.5) is 0 Å². The Bertz CT molecular complexity index is 297. The second-order valence-corrected chi connectivity index (χ2v) is 5.16. The number of hydrogen-bond donors (Lipinski definition) is 1. The third-order valence-electron chi connectivity index (χ3n) is 3.39. The standard InChI is InChI=1S/C12H22N2O2/c1-10(11(15)16)5-6-14-8-7-13(4)12(2,3)9-14/h5H,6-9H2,1-4H3,(H,15,16). The number of nitrogens with zero attached hydrogens (tertiary/aromatic N) is 2. The summed E-state index contributed by atoms with van der Waals surface area (Å²) in [6, 6.07) is 0. The average Bonchev–Trinajstić information content (AvgIpc) is 2.19. The third-order valence-corrected chi connectivity index (χ3v) is 3.39. The quantitative estimate of drug-likeness (QED) is 0.730. The predicted molar refractivity (Wildman–Crippen MR) is 64.5 cm³/mol. The number of aliphatic carboxylic acids is 1. The minimum absolute atomic E-state index is 0.170. The highest BCUT2D eigenvalue weighted by atomic mass is 16.4. The molecule has 92 valence electrons. The monoisotopic (exact) mass is 226 g/mol. The lowest BCUT2D eigenvalue weighted by atomic mass is 10.00. The smallest absolute Gasteiger partial charge is 0.330 e. The van der Waals surface area contributed by atoms with E-state index >= 15 is 0 Å². The van der Waals surface area contributed by atoms with Crippen molar-refractivity contribution in [3.63, 3.8) is 0 Å². The molecular weight excluding hydrogens is 204 g/mol. The maximum Gasteiger partial charge on any atom is 0.330 e. The zero-order valence-corrected chi connectivity index (χ0v) is 10.7. The molecule has 4 heteroatoms. The first-order valence-electron chi connectivity index (χ1n) is 5.66. The van der Waals surface area contributed by atoms with Crippen LogP contribution in [-0.4, -0.2) is 59.6 Å². The average molecular weight is 226 g/mol. The number of carbonyl (C=O) groups is 1. The molecule has 1 fully saturated rings. The molecule has 0 saturated carbocycles. The van der Waals surface area contributed by atoms with Gasteiger partial charge in [-0.3, -0.25) is 9.80 Å². The van der Waals surface area contributed by atoms with Crippen molar-refractivity contribution >= 4 is 5.97 Å². The van der Waals surface area contributed by atoms with Gasteiger partial charge in [-0.1, -0.05) is 6.08 Å². The second kappa shape index (κ2) is 4.97. The minimum atomic E-state index is -0.826. The molecule has 0 bridgehead atoms. The van der Waals surface area contributed by atoms with Gasteiger partial charge in [-0.2, -0.15) is 0 Å². The normalized spacial score (nSPS) is 23.4. The lowest BCUT2D eigenvalue weighted by Crippen LogP contribution is -2.57. The van der Waals surface area contributed by atoms with Crippen LogP contribution in [0.2, 0.25) is 0 Å². The van der Waals surface area contributed by atoms with Crippen molar-refractivity contribution in [3.05, 3.63) is 11.6 Å². The maximum atomic E-state index is 10.7. The van der Waals surface area contributed by atoms with Crippen LogP contribution < -0.4 is 0 Å². The molecule has 1 N–H and O–H groups in total. The first-order valence-corrected chi connectivity index (χ1v) is 5.66. The summed E-state index contributed by atoms with van der Waals surface area (Å²) in [6.45, 7) is 9.82. The number of piperazine rings is 1. The topological polar surface area (TPSA) is 43.8 Å². The molecule has 0 aromatic heterocycles. The molecular formula is C12H22N2O2. The summed E-state index contributed by atoms with van der Waals surface area (Å²) in [5.74, 6) is -0.826. The highest BCUT2D eigenvalue weighted by Crippen LogP contribution is 2.18. The van der Waals surface area contributed by atoms with Gasteiger partial charge in [0.1, 0.15) is 0 Å². The Balaban J connectivity index is 2.52. The van der Waals surface area contributed by atoms with Crippen LogP contribution in [-0.2, 0) is 4.79 Å². The van der Waals surface area contributed by atoms with E-state index in [9.17, 15) is 4.79 Å². The summed E-state index contributed by atoms with van der Waals surface area (Å²) in [7, 11) is 2.13. The summed E-state index contributed by atoms with van der Waals surface area (Å²) in [5.41, 5.74) is 0.597. The first kappa shape index (κ1) is 13.2. The van der Waals surface area contributed by atoms with Crippen molar-refractivity contribution in [3.8, 4) is 0 Å². The van der Waals surface area contributed by atoms with Crippen molar-refractivity contribution < 1.29 is 9.90 Å². The van der Waals surface area contributed by atoms with Crippen molar-refractivity contribution in [1.29, 1.82) is 0 Å². The molecule has 16 heavy (non-hydrogen) atoms. The van der Waals surface area contributed by atoms with Crippen LogP contribution in [0.15, 0.2) is 11.6 Å². The Kier molecular flexibility index (Phi) is 4.10. The maximum absolute atomic E-state index is 10.7. The van der Waals surface area contributed by atoms with E-state index in [1.807, 2.05) is 0 Å². The summed E-state index contributed by atoms with van der Waals surface area (Å²) < 4.78 is 0. The van der Waals surface area contributed by atoms with Gasteiger partial charge in [-0.15, -0.1) is 0 Å². The fraction of sp³-hybridized carbons (Fsp3) is 0.750. The van der Waals surface area contributed by atoms with Gasteiger partial charge in [0.25, 0.3) is 0 Å². The second-order valence-electron chi connectivity index (χ2n) is 5.16. The molecule has 1 saturated heterocycles. The van der Waals surface area contributed by atoms with Crippen molar-refractivity contribution in [2.45, 2.75) is 26.3 Å². The van der Waals surface area contributed by atoms with Crippen LogP contribution in [0.1, 0.15) is 20.8 Å². The van der Waals surface area contributed by atoms with Crippen LogP contribution in [0.3, 0.4) is 0 Å². The van der Waals surface area contributed by atoms with Gasteiger partial charge in [0.2, 0.25) is 0 Å². The highest BCUT2D eigenvalue weighted by Gasteiger charge is 2.30. The Morgan fingerprint density at radius 1 is 1.44 bits per heavy atom. The van der Waals surface area contributed by atoms with Gasteiger partial charge < -0.3 is 5.11 Å². The largest absolute Gasteiger partial charge is 0.478 e. The molecule has 4 nitrogen and oxygen atoms in total. The zero-order valence-electron chi connectivity index (χ0n) is 10.7. The van der Waals surface area contributed by atoms with E-state index in [0.29, 0.717) is 5.57 Å². The van der Waals surface area contributed by atoms with Gasteiger partial charge in [-0.25, -0.2) is 4.79 Å². The summed E-state index contributed by atoms with van der Waals surface area (Å²) in [5, 5.41) is 8.76. The number of carboxylic acid groups (broad SMARTS) is 1. The Morgan fingerprint density at radius 2 is 2.06 bits per heavy atom. The van der Waals surface area contributed by atoms with Gasteiger partial charge >= 0.3 is 5.97 Å². The molecule has 1 aliphatic heterocycles. The van der Waals surface area contributed by atoms with Gasteiger partial charge in [-0.05, 0) is 27.8 Å². The van der Waals surface area contributed by atoms with E-state index in [0.717, 1.165) is 26.2 Å². The number of hydrogen-bond acceptors (Lipinski definition) is 3. The summed E-state index contributed by atoms with van der Waals surface area (Å²) >= 11 is 0. The predicted octanol–water partition coefficient (Wildman–Crippen LogP) is 1.04. The van der Waals surface area contributed by atoms with Gasteiger partial charge in [0, 0.05) is 37.3 Å². The molecule has 1 aliphatic rings. The molecule has 0 spiro atoms. The molecule has 0 aromatic carbocycles. The Hall–Kier alpha value is -0.870.